The van der Waals surface area contributed by atoms with E-state index in [1.165, 1.54) is 0 Å². The number of nitrogens with zero attached hydrogens (tertiary/aromatic N) is 1. The zero-order valence-corrected chi connectivity index (χ0v) is 13.2. The van der Waals surface area contributed by atoms with Crippen LogP contribution in [-0.4, -0.2) is 21.4 Å². The summed E-state index contributed by atoms with van der Waals surface area (Å²) in [5.41, 5.74) is 0.120. The number of hydrogen-bond acceptors (Lipinski definition) is 3. The summed E-state index contributed by atoms with van der Waals surface area (Å²) in [6.07, 6.45) is -4.08. The predicted molar refractivity (Wildman–Crippen MR) is 81.5 cm³/mol. The summed E-state index contributed by atoms with van der Waals surface area (Å²) in [5.74, 6) is -0.931. The average Bonchev–Trinajstić information content (AvgIpc) is 2.46. The number of aromatic amines is 2. The molecule has 0 spiro atoms. The van der Waals surface area contributed by atoms with E-state index in [9.17, 15) is 22.4 Å². The molecule has 2 heterocycles. The van der Waals surface area contributed by atoms with Crippen LogP contribution in [0.5, 0.6) is 0 Å². The molecule has 1 aromatic carbocycles. The number of nitrogens with one attached hydrogen (secondary N) is 2. The van der Waals surface area contributed by atoms with Crippen molar-refractivity contribution in [1.29, 1.82) is 0 Å². The van der Waals surface area contributed by atoms with Crippen molar-refractivity contribution in [2.45, 2.75) is 25.7 Å². The van der Waals surface area contributed by atoms with Crippen molar-refractivity contribution in [3.05, 3.63) is 61.5 Å². The quantitative estimate of drug-likeness (QED) is 0.640. The molecule has 1 aromatic heterocycles. The number of aromatic nitrogens is 2. The molecule has 0 atom stereocenters. The summed E-state index contributed by atoms with van der Waals surface area (Å²) in [7, 11) is 0. The molecule has 0 unspecified atom stereocenters. The molecule has 0 bridgehead atoms. The van der Waals surface area contributed by atoms with Crippen molar-refractivity contribution in [2.24, 2.45) is 0 Å². The molecular formula is C15H13F4N3OS. The molecule has 2 aromatic rings. The summed E-state index contributed by atoms with van der Waals surface area (Å²) in [5, 5.41) is 0. The van der Waals surface area contributed by atoms with Gasteiger partial charge in [0, 0.05) is 31.7 Å². The maximum Gasteiger partial charge on any atom is 0.416 e. The minimum Gasteiger partial charge on any atom is -0.335 e. The fourth-order valence-electron chi connectivity index (χ4n) is 2.81. The Hall–Kier alpha value is -2.00. The van der Waals surface area contributed by atoms with Gasteiger partial charge in [0.15, 0.2) is 4.77 Å². The van der Waals surface area contributed by atoms with E-state index in [-0.39, 0.29) is 29.0 Å². The van der Waals surface area contributed by atoms with Crippen LogP contribution in [0.25, 0.3) is 0 Å². The Labute approximate surface area is 139 Å². The summed E-state index contributed by atoms with van der Waals surface area (Å²) >= 11 is 4.91. The second kappa shape index (κ2) is 6.14. The van der Waals surface area contributed by atoms with Crippen LogP contribution in [0.4, 0.5) is 17.6 Å². The van der Waals surface area contributed by atoms with Crippen molar-refractivity contribution in [3.63, 3.8) is 0 Å². The van der Waals surface area contributed by atoms with Gasteiger partial charge >= 0.3 is 6.18 Å². The van der Waals surface area contributed by atoms with E-state index in [2.05, 4.69) is 9.97 Å². The van der Waals surface area contributed by atoms with Gasteiger partial charge < -0.3 is 4.98 Å². The van der Waals surface area contributed by atoms with Crippen LogP contribution in [0, 0.1) is 10.6 Å². The first kappa shape index (κ1) is 16.8. The third-order valence-electron chi connectivity index (χ3n) is 3.88. The van der Waals surface area contributed by atoms with Gasteiger partial charge in [-0.15, -0.1) is 0 Å². The second-order valence-corrected chi connectivity index (χ2v) is 6.08. The lowest BCUT2D eigenvalue weighted by Crippen LogP contribution is -2.35. The molecule has 0 radical (unpaired) electrons. The summed E-state index contributed by atoms with van der Waals surface area (Å²) in [6, 6.07) is 2.48. The molecule has 0 saturated heterocycles. The van der Waals surface area contributed by atoms with Crippen LogP contribution < -0.4 is 5.56 Å². The van der Waals surface area contributed by atoms with E-state index < -0.39 is 17.6 Å². The highest BCUT2D eigenvalue weighted by molar-refractivity contribution is 7.71. The van der Waals surface area contributed by atoms with Crippen molar-refractivity contribution in [1.82, 2.24) is 14.9 Å². The normalized spacial score (nSPS) is 15.3. The van der Waals surface area contributed by atoms with Crippen LogP contribution in [0.15, 0.2) is 23.0 Å². The first-order valence-electron chi connectivity index (χ1n) is 7.16. The molecule has 9 heteroatoms. The minimum atomic E-state index is -4.60. The molecule has 0 aliphatic carbocycles. The first-order valence-corrected chi connectivity index (χ1v) is 7.56. The van der Waals surface area contributed by atoms with Crippen molar-refractivity contribution < 1.29 is 17.6 Å². The van der Waals surface area contributed by atoms with Crippen LogP contribution >= 0.6 is 12.2 Å². The summed E-state index contributed by atoms with van der Waals surface area (Å²) in [4.78, 5) is 19.1. The Balaban J connectivity index is 1.84. The minimum absolute atomic E-state index is 0.120. The fraction of sp³-hybridized carbons (Fsp3) is 0.333. The monoisotopic (exact) mass is 359 g/mol. The van der Waals surface area contributed by atoms with Crippen LogP contribution in [0.3, 0.4) is 0 Å². The molecular weight excluding hydrogens is 346 g/mol. The van der Waals surface area contributed by atoms with Gasteiger partial charge in [0.1, 0.15) is 5.82 Å². The number of H-pyrrole nitrogens is 2. The van der Waals surface area contributed by atoms with Crippen LogP contribution in [0.1, 0.15) is 22.4 Å². The van der Waals surface area contributed by atoms with Gasteiger partial charge in [-0.3, -0.25) is 14.7 Å². The van der Waals surface area contributed by atoms with E-state index in [0.29, 0.717) is 24.6 Å². The van der Waals surface area contributed by atoms with Gasteiger partial charge in [0.25, 0.3) is 5.56 Å². The maximum atomic E-state index is 13.5. The number of fused-ring (bicyclic) bond motifs is 1. The highest BCUT2D eigenvalue weighted by Crippen LogP contribution is 2.31. The van der Waals surface area contributed by atoms with Gasteiger partial charge in [0.2, 0.25) is 0 Å². The maximum absolute atomic E-state index is 13.5. The average molecular weight is 359 g/mol. The number of rotatable bonds is 2. The molecule has 4 nitrogen and oxygen atoms in total. The standard InChI is InChI=1S/C15H13F4N3OS/c16-10-4-8(3-9(5-10)15(17,18)19)6-22-2-1-12-11(7-22)13(23)21-14(24)20-12/h3-5H,1-2,6-7H2,(H2,20,21,23,24). The summed E-state index contributed by atoms with van der Waals surface area (Å²) in [6.45, 7) is 0.906. The molecule has 1 aliphatic rings. The lowest BCUT2D eigenvalue weighted by atomic mass is 10.0. The fourth-order valence-corrected chi connectivity index (χ4v) is 3.03. The molecule has 0 saturated carbocycles. The summed E-state index contributed by atoms with van der Waals surface area (Å²) < 4.78 is 52.0. The van der Waals surface area contributed by atoms with Crippen LogP contribution in [-0.2, 0) is 25.7 Å². The first-order chi connectivity index (χ1) is 11.2. The molecule has 1 aliphatic heterocycles. The Kier molecular flexibility index (Phi) is 4.31. The molecule has 0 amide bonds. The number of alkyl halides is 3. The van der Waals surface area contributed by atoms with Gasteiger partial charge in [0.05, 0.1) is 11.1 Å². The largest absolute Gasteiger partial charge is 0.416 e. The Morgan fingerprint density at radius 3 is 2.67 bits per heavy atom. The van der Waals surface area contributed by atoms with Gasteiger partial charge in [-0.1, -0.05) is 0 Å². The molecule has 24 heavy (non-hydrogen) atoms. The van der Waals surface area contributed by atoms with E-state index >= 15 is 0 Å². The number of hydrogen-bond donors (Lipinski definition) is 2. The van der Waals surface area contributed by atoms with Gasteiger partial charge in [-0.25, -0.2) is 4.39 Å². The Morgan fingerprint density at radius 2 is 1.96 bits per heavy atom. The molecule has 3 rings (SSSR count). The topological polar surface area (TPSA) is 51.9 Å². The highest BCUT2D eigenvalue weighted by atomic mass is 32.1. The Bertz CT molecular complexity index is 888. The molecule has 128 valence electrons. The lowest BCUT2D eigenvalue weighted by Gasteiger charge is -2.28. The Morgan fingerprint density at radius 1 is 1.21 bits per heavy atom. The van der Waals surface area contributed by atoms with E-state index in [4.69, 9.17) is 12.2 Å². The smallest absolute Gasteiger partial charge is 0.335 e. The van der Waals surface area contributed by atoms with Crippen LogP contribution in [0.2, 0.25) is 0 Å². The van der Waals surface area contributed by atoms with E-state index in [1.54, 1.807) is 4.90 Å². The van der Waals surface area contributed by atoms with Crippen molar-refractivity contribution in [2.75, 3.05) is 6.54 Å². The van der Waals surface area contributed by atoms with Crippen molar-refractivity contribution >= 4 is 12.2 Å². The third-order valence-corrected chi connectivity index (χ3v) is 4.08. The predicted octanol–water partition coefficient (Wildman–Crippen LogP) is 3.15. The van der Waals surface area contributed by atoms with Gasteiger partial charge in [-0.2, -0.15) is 13.2 Å². The van der Waals surface area contributed by atoms with E-state index in [1.807, 2.05) is 0 Å². The SMILES string of the molecule is O=c1[nH]c(=S)[nH]c2c1CN(Cc1cc(F)cc(C(F)(F)F)c1)CC2. The van der Waals surface area contributed by atoms with Crippen molar-refractivity contribution in [3.8, 4) is 0 Å². The molecule has 0 fully saturated rings. The third kappa shape index (κ3) is 3.57. The van der Waals surface area contributed by atoms with Gasteiger partial charge in [-0.05, 0) is 36.0 Å². The number of halogens is 4. The second-order valence-electron chi connectivity index (χ2n) is 5.67. The molecule has 2 N–H and O–H groups in total. The lowest BCUT2D eigenvalue weighted by molar-refractivity contribution is -0.137. The zero-order valence-electron chi connectivity index (χ0n) is 12.3. The number of benzene rings is 1. The zero-order chi connectivity index (χ0) is 17.5. The van der Waals surface area contributed by atoms with E-state index in [0.717, 1.165) is 17.8 Å². The highest BCUT2D eigenvalue weighted by Gasteiger charge is 2.31.